The molecular weight excluding hydrogens is 424 g/mol. The number of sulfonamides is 2. The van der Waals surface area contributed by atoms with E-state index >= 15 is 0 Å². The molecule has 0 aliphatic carbocycles. The molecule has 0 aliphatic rings. The molecule has 3 aromatic carbocycles. The number of rotatable bonds is 8. The zero-order chi connectivity index (χ0) is 21.8. The Hall–Kier alpha value is -3.04. The lowest BCUT2D eigenvalue weighted by Crippen LogP contribution is -2.14. The third-order valence-corrected chi connectivity index (χ3v) is 7.20. The van der Waals surface area contributed by atoms with E-state index in [9.17, 15) is 16.8 Å². The van der Waals surface area contributed by atoms with Gasteiger partial charge in [-0.1, -0.05) is 19.1 Å². The number of hydrogen-bond donors (Lipinski definition) is 2. The summed E-state index contributed by atoms with van der Waals surface area (Å²) in [5.41, 5.74) is 1.68. The highest BCUT2D eigenvalue weighted by Crippen LogP contribution is 2.22. The van der Waals surface area contributed by atoms with Gasteiger partial charge in [-0.05, 0) is 72.6 Å². The first kappa shape index (κ1) is 21.7. The van der Waals surface area contributed by atoms with Gasteiger partial charge in [0.05, 0.1) is 16.9 Å². The van der Waals surface area contributed by atoms with Crippen LogP contribution in [0.4, 0.5) is 11.4 Å². The fraction of sp³-hybridized carbons (Fsp3) is 0.143. The van der Waals surface area contributed by atoms with Gasteiger partial charge < -0.3 is 4.74 Å². The standard InChI is InChI=1S/C21H22N2O5S2/c1-3-16-4-12-20(13-5-16)29(24,25)23-18-8-14-21(15-9-18)30(26,27)22-17-6-10-19(28-2)11-7-17/h4-15,22-23H,3H2,1-2H3. The summed E-state index contributed by atoms with van der Waals surface area (Å²) < 4.78 is 60.1. The van der Waals surface area contributed by atoms with Crippen LogP contribution in [0.3, 0.4) is 0 Å². The van der Waals surface area contributed by atoms with Crippen LogP contribution in [0.2, 0.25) is 0 Å². The molecule has 9 heteroatoms. The highest BCUT2D eigenvalue weighted by molar-refractivity contribution is 7.93. The second-order valence-electron chi connectivity index (χ2n) is 6.46. The number of benzene rings is 3. The minimum absolute atomic E-state index is 0.00793. The molecule has 0 bridgehead atoms. The Kier molecular flexibility index (Phi) is 6.33. The summed E-state index contributed by atoms with van der Waals surface area (Å²) in [6.45, 7) is 1.99. The molecule has 0 amide bonds. The van der Waals surface area contributed by atoms with Gasteiger partial charge in [0.2, 0.25) is 0 Å². The topological polar surface area (TPSA) is 102 Å². The number of ether oxygens (including phenoxy) is 1. The fourth-order valence-electron chi connectivity index (χ4n) is 2.69. The summed E-state index contributed by atoms with van der Waals surface area (Å²) in [6, 6.07) is 18.5. The van der Waals surface area contributed by atoms with E-state index in [1.165, 1.54) is 31.4 Å². The lowest BCUT2D eigenvalue weighted by atomic mass is 10.2. The van der Waals surface area contributed by atoms with Crippen LogP contribution in [0.1, 0.15) is 12.5 Å². The van der Waals surface area contributed by atoms with Crippen molar-refractivity contribution in [2.75, 3.05) is 16.6 Å². The Bertz CT molecular complexity index is 1200. The van der Waals surface area contributed by atoms with Gasteiger partial charge in [0.25, 0.3) is 20.0 Å². The monoisotopic (exact) mass is 446 g/mol. The van der Waals surface area contributed by atoms with Crippen LogP contribution in [0, 0.1) is 0 Å². The van der Waals surface area contributed by atoms with E-state index < -0.39 is 20.0 Å². The second kappa shape index (κ2) is 8.76. The lowest BCUT2D eigenvalue weighted by molar-refractivity contribution is 0.415. The van der Waals surface area contributed by atoms with E-state index in [1.54, 1.807) is 48.5 Å². The zero-order valence-corrected chi connectivity index (χ0v) is 18.1. The molecule has 0 spiro atoms. The van der Waals surface area contributed by atoms with E-state index in [2.05, 4.69) is 9.44 Å². The van der Waals surface area contributed by atoms with E-state index in [1.807, 2.05) is 6.92 Å². The first-order chi connectivity index (χ1) is 14.2. The largest absolute Gasteiger partial charge is 0.497 e. The average Bonchev–Trinajstić information content (AvgIpc) is 2.74. The van der Waals surface area contributed by atoms with Crippen molar-refractivity contribution < 1.29 is 21.6 Å². The van der Waals surface area contributed by atoms with Crippen LogP contribution in [0.5, 0.6) is 5.75 Å². The Morgan fingerprint density at radius 2 is 1.07 bits per heavy atom. The van der Waals surface area contributed by atoms with Crippen LogP contribution in [0.15, 0.2) is 82.6 Å². The molecule has 0 radical (unpaired) electrons. The van der Waals surface area contributed by atoms with Gasteiger partial charge in [-0.15, -0.1) is 0 Å². The zero-order valence-electron chi connectivity index (χ0n) is 16.5. The van der Waals surface area contributed by atoms with E-state index in [0.29, 0.717) is 11.4 Å². The average molecular weight is 447 g/mol. The summed E-state index contributed by atoms with van der Waals surface area (Å²) in [4.78, 5) is 0.145. The van der Waals surface area contributed by atoms with Crippen molar-refractivity contribution in [2.45, 2.75) is 23.1 Å². The van der Waals surface area contributed by atoms with Crippen LogP contribution >= 0.6 is 0 Å². The first-order valence-corrected chi connectivity index (χ1v) is 12.1. The van der Waals surface area contributed by atoms with Crippen molar-refractivity contribution in [3.05, 3.63) is 78.4 Å². The number of aryl methyl sites for hydroxylation is 1. The number of nitrogens with one attached hydrogen (secondary N) is 2. The second-order valence-corrected chi connectivity index (χ2v) is 9.83. The molecule has 0 heterocycles. The minimum atomic E-state index is -3.82. The molecular formula is C21H22N2O5S2. The molecule has 0 atom stereocenters. The maximum Gasteiger partial charge on any atom is 0.261 e. The van der Waals surface area contributed by atoms with Gasteiger partial charge in [-0.2, -0.15) is 0 Å². The van der Waals surface area contributed by atoms with E-state index in [0.717, 1.165) is 12.0 Å². The Balaban J connectivity index is 1.74. The predicted octanol–water partition coefficient (Wildman–Crippen LogP) is 3.86. The van der Waals surface area contributed by atoms with Crippen molar-refractivity contribution in [2.24, 2.45) is 0 Å². The number of methoxy groups -OCH3 is 1. The summed E-state index contributed by atoms with van der Waals surface area (Å²) in [5, 5.41) is 0. The van der Waals surface area contributed by atoms with Gasteiger partial charge in [0.1, 0.15) is 5.75 Å². The quantitative estimate of drug-likeness (QED) is 0.547. The molecule has 0 fully saturated rings. The molecule has 0 saturated heterocycles. The SMILES string of the molecule is CCc1ccc(S(=O)(=O)Nc2ccc(S(=O)(=O)Nc3ccc(OC)cc3)cc2)cc1. The Labute approximate surface area is 176 Å². The van der Waals surface area contributed by atoms with Crippen LogP contribution < -0.4 is 14.2 Å². The fourth-order valence-corrected chi connectivity index (χ4v) is 4.81. The molecule has 3 aromatic rings. The first-order valence-electron chi connectivity index (χ1n) is 9.12. The van der Waals surface area contributed by atoms with Crippen molar-refractivity contribution >= 4 is 31.4 Å². The third kappa shape index (κ3) is 5.11. The van der Waals surface area contributed by atoms with Gasteiger partial charge in [0.15, 0.2) is 0 Å². The van der Waals surface area contributed by atoms with Crippen LogP contribution in [-0.4, -0.2) is 23.9 Å². The van der Waals surface area contributed by atoms with Crippen LogP contribution in [0.25, 0.3) is 0 Å². The highest BCUT2D eigenvalue weighted by Gasteiger charge is 2.17. The summed E-state index contributed by atoms with van der Waals surface area (Å²) in [5.74, 6) is 0.610. The summed E-state index contributed by atoms with van der Waals surface area (Å²) in [6.07, 6.45) is 0.814. The summed E-state index contributed by atoms with van der Waals surface area (Å²) in [7, 11) is -6.07. The lowest BCUT2D eigenvalue weighted by Gasteiger charge is -2.11. The van der Waals surface area contributed by atoms with Crippen molar-refractivity contribution in [3.63, 3.8) is 0 Å². The van der Waals surface area contributed by atoms with Gasteiger partial charge in [-0.25, -0.2) is 16.8 Å². The Morgan fingerprint density at radius 3 is 1.47 bits per heavy atom. The Morgan fingerprint density at radius 1 is 0.667 bits per heavy atom. The van der Waals surface area contributed by atoms with Crippen molar-refractivity contribution in [1.29, 1.82) is 0 Å². The van der Waals surface area contributed by atoms with Crippen molar-refractivity contribution in [1.82, 2.24) is 0 Å². The molecule has 0 aromatic heterocycles. The van der Waals surface area contributed by atoms with Gasteiger partial charge >= 0.3 is 0 Å². The van der Waals surface area contributed by atoms with Crippen molar-refractivity contribution in [3.8, 4) is 5.75 Å². The summed E-state index contributed by atoms with van der Waals surface area (Å²) >= 11 is 0. The van der Waals surface area contributed by atoms with Gasteiger partial charge in [0, 0.05) is 11.4 Å². The van der Waals surface area contributed by atoms with Gasteiger partial charge in [-0.3, -0.25) is 9.44 Å². The molecule has 7 nitrogen and oxygen atoms in total. The smallest absolute Gasteiger partial charge is 0.261 e. The predicted molar refractivity (Wildman–Crippen MR) is 117 cm³/mol. The molecule has 3 rings (SSSR count). The highest BCUT2D eigenvalue weighted by atomic mass is 32.2. The maximum absolute atomic E-state index is 12.6. The number of hydrogen-bond acceptors (Lipinski definition) is 5. The van der Waals surface area contributed by atoms with Crippen LogP contribution in [-0.2, 0) is 26.5 Å². The molecule has 0 aliphatic heterocycles. The normalized spacial score (nSPS) is 11.7. The van der Waals surface area contributed by atoms with E-state index in [4.69, 9.17) is 4.74 Å². The van der Waals surface area contributed by atoms with E-state index in [-0.39, 0.29) is 15.5 Å². The third-order valence-electron chi connectivity index (χ3n) is 4.40. The molecule has 0 unspecified atom stereocenters. The molecule has 30 heavy (non-hydrogen) atoms. The molecule has 2 N–H and O–H groups in total. The maximum atomic E-state index is 12.6. The molecule has 158 valence electrons. The minimum Gasteiger partial charge on any atom is -0.497 e. The number of anilines is 2. The molecule has 0 saturated carbocycles.